The molecule has 0 spiro atoms. The first kappa shape index (κ1) is 21.0. The molecule has 4 aliphatic carbocycles. The van der Waals surface area contributed by atoms with Gasteiger partial charge in [-0.25, -0.2) is 0 Å². The molecule has 4 saturated carbocycles. The predicted molar refractivity (Wildman–Crippen MR) is 105 cm³/mol. The molecule has 0 aliphatic heterocycles. The van der Waals surface area contributed by atoms with Crippen molar-refractivity contribution in [2.24, 2.45) is 34.5 Å². The third kappa shape index (κ3) is 2.93. The Morgan fingerprint density at radius 2 is 1.86 bits per heavy atom. The highest BCUT2D eigenvalue weighted by molar-refractivity contribution is 5.93. The van der Waals surface area contributed by atoms with Gasteiger partial charge in [0.2, 0.25) is 5.78 Å². The fraction of sp³-hybridized carbons (Fsp3) is 0.870. The number of Topliss-reactive ketones (excluding diaryl/α,β-unsaturated/α-hetero) is 2. The average molecular weight is 407 g/mol. The first-order valence-electron chi connectivity index (χ1n) is 11.1. The molecule has 0 aromatic heterocycles. The molecule has 162 valence electrons. The smallest absolute Gasteiger partial charge is 0.303 e. The predicted octanol–water partition coefficient (Wildman–Crippen LogP) is 2.43. The van der Waals surface area contributed by atoms with Crippen LogP contribution in [0.1, 0.15) is 72.1 Å². The summed E-state index contributed by atoms with van der Waals surface area (Å²) >= 11 is 0. The van der Waals surface area contributed by atoms with Crippen LogP contribution in [0.25, 0.3) is 0 Å². The molecule has 0 saturated heterocycles. The van der Waals surface area contributed by atoms with Gasteiger partial charge in [0.15, 0.2) is 6.61 Å². The Morgan fingerprint density at radius 1 is 1.14 bits per heavy atom. The first-order valence-corrected chi connectivity index (χ1v) is 11.1. The number of rotatable bonds is 3. The second-order valence-corrected chi connectivity index (χ2v) is 10.6. The largest absolute Gasteiger partial charge is 0.458 e. The van der Waals surface area contributed by atoms with Crippen molar-refractivity contribution in [3.63, 3.8) is 0 Å². The van der Waals surface area contributed by atoms with E-state index in [2.05, 4.69) is 6.92 Å². The van der Waals surface area contributed by atoms with Gasteiger partial charge in [0.05, 0.1) is 6.10 Å². The van der Waals surface area contributed by atoms with Crippen LogP contribution in [0, 0.1) is 34.5 Å². The zero-order valence-corrected chi connectivity index (χ0v) is 17.8. The lowest BCUT2D eigenvalue weighted by molar-refractivity contribution is -0.181. The van der Waals surface area contributed by atoms with Crippen LogP contribution in [0.4, 0.5) is 0 Å². The molecule has 6 nitrogen and oxygen atoms in total. The monoisotopic (exact) mass is 406 g/mol. The zero-order valence-electron chi connectivity index (χ0n) is 17.8. The molecule has 0 bridgehead atoms. The first-order chi connectivity index (χ1) is 13.5. The quantitative estimate of drug-likeness (QED) is 0.698. The van der Waals surface area contributed by atoms with E-state index in [0.717, 1.165) is 38.5 Å². The van der Waals surface area contributed by atoms with Crippen LogP contribution in [-0.4, -0.2) is 46.1 Å². The fourth-order valence-corrected chi connectivity index (χ4v) is 7.80. The molecule has 2 N–H and O–H groups in total. The molecule has 4 rings (SSSR count). The van der Waals surface area contributed by atoms with Crippen molar-refractivity contribution in [3.8, 4) is 0 Å². The summed E-state index contributed by atoms with van der Waals surface area (Å²) in [4.78, 5) is 37.5. The van der Waals surface area contributed by atoms with E-state index in [9.17, 15) is 24.6 Å². The molecule has 0 amide bonds. The Bertz CT molecular complexity index is 733. The normalized spacial score (nSPS) is 49.0. The lowest BCUT2D eigenvalue weighted by atomic mass is 9.44. The fourth-order valence-electron chi connectivity index (χ4n) is 7.80. The van der Waals surface area contributed by atoms with Gasteiger partial charge in [0.1, 0.15) is 11.4 Å². The lowest BCUT2D eigenvalue weighted by Gasteiger charge is -2.60. The molecular weight excluding hydrogens is 372 g/mol. The number of esters is 1. The van der Waals surface area contributed by atoms with Crippen molar-refractivity contribution in [1.82, 2.24) is 0 Å². The molecular formula is C23H34O6. The summed E-state index contributed by atoms with van der Waals surface area (Å²) in [5, 5.41) is 21.6. The minimum atomic E-state index is -1.62. The molecule has 29 heavy (non-hydrogen) atoms. The van der Waals surface area contributed by atoms with Gasteiger partial charge in [-0.15, -0.1) is 0 Å². The van der Waals surface area contributed by atoms with Crippen LogP contribution in [0.2, 0.25) is 0 Å². The van der Waals surface area contributed by atoms with Crippen LogP contribution in [0.5, 0.6) is 0 Å². The Hall–Kier alpha value is -1.27. The number of aliphatic hydroxyl groups excluding tert-OH is 1. The van der Waals surface area contributed by atoms with Crippen LogP contribution >= 0.6 is 0 Å². The molecule has 0 unspecified atom stereocenters. The Labute approximate surface area is 172 Å². The minimum absolute atomic E-state index is 0.0438. The van der Waals surface area contributed by atoms with Crippen molar-refractivity contribution in [1.29, 1.82) is 0 Å². The van der Waals surface area contributed by atoms with E-state index in [1.54, 1.807) is 0 Å². The number of hydrogen-bond acceptors (Lipinski definition) is 6. The van der Waals surface area contributed by atoms with E-state index in [1.807, 2.05) is 6.92 Å². The average Bonchev–Trinajstić information content (AvgIpc) is 2.91. The highest BCUT2D eigenvalue weighted by atomic mass is 16.5. The van der Waals surface area contributed by atoms with Crippen LogP contribution in [0.15, 0.2) is 0 Å². The lowest BCUT2D eigenvalue weighted by Crippen LogP contribution is -2.62. The number of ether oxygens (including phenoxy) is 1. The summed E-state index contributed by atoms with van der Waals surface area (Å²) in [7, 11) is 0. The third-order valence-corrected chi connectivity index (χ3v) is 9.35. The van der Waals surface area contributed by atoms with Crippen molar-refractivity contribution >= 4 is 17.5 Å². The molecule has 0 heterocycles. The Morgan fingerprint density at radius 3 is 2.55 bits per heavy atom. The molecule has 0 radical (unpaired) electrons. The second kappa shape index (κ2) is 6.88. The van der Waals surface area contributed by atoms with E-state index >= 15 is 0 Å². The van der Waals surface area contributed by atoms with Crippen molar-refractivity contribution in [3.05, 3.63) is 0 Å². The number of carbonyl (C=O) groups excluding carboxylic acids is 3. The number of hydrogen-bond donors (Lipinski definition) is 2. The summed E-state index contributed by atoms with van der Waals surface area (Å²) in [5.41, 5.74) is -2.52. The standard InChI is InChI=1S/C23H34O6/c1-13(24)29-12-19(27)23(28)9-7-17-16-5-4-14-10-15(25)6-8-21(14,2)20(16)18(26)11-22(17,23)3/h14-17,20,25,28H,4-12H2,1-3H3/t14-,15-,16-,17-,20+,21-,22-,23-/m0/s1. The highest BCUT2D eigenvalue weighted by Crippen LogP contribution is 2.67. The summed E-state index contributed by atoms with van der Waals surface area (Å²) in [6, 6.07) is 0. The maximum Gasteiger partial charge on any atom is 0.303 e. The van der Waals surface area contributed by atoms with E-state index in [4.69, 9.17) is 4.74 Å². The summed E-state index contributed by atoms with van der Waals surface area (Å²) in [5.74, 6) is -0.256. The Kier molecular flexibility index (Phi) is 4.97. The van der Waals surface area contributed by atoms with Crippen molar-refractivity contribution in [2.45, 2.75) is 83.8 Å². The zero-order chi connectivity index (χ0) is 21.2. The topological polar surface area (TPSA) is 101 Å². The van der Waals surface area contributed by atoms with Gasteiger partial charge in [-0.1, -0.05) is 13.8 Å². The highest BCUT2D eigenvalue weighted by Gasteiger charge is 2.69. The summed E-state index contributed by atoms with van der Waals surface area (Å²) < 4.78 is 4.88. The maximum absolute atomic E-state index is 13.5. The molecule has 0 aromatic carbocycles. The molecule has 4 aliphatic rings. The van der Waals surface area contributed by atoms with E-state index in [1.165, 1.54) is 6.92 Å². The summed E-state index contributed by atoms with van der Waals surface area (Å²) in [6.07, 6.45) is 5.28. The number of carbonyl (C=O) groups is 3. The van der Waals surface area contributed by atoms with Gasteiger partial charge in [0, 0.05) is 24.7 Å². The van der Waals surface area contributed by atoms with E-state index in [-0.39, 0.29) is 41.5 Å². The third-order valence-electron chi connectivity index (χ3n) is 9.35. The maximum atomic E-state index is 13.5. The minimum Gasteiger partial charge on any atom is -0.458 e. The SMILES string of the molecule is CC(=O)OCC(=O)[C@@]1(O)CC[C@H]2[C@@H]3CC[C@H]4C[C@@H](O)CC[C@]4(C)[C@H]3C(=O)C[C@@]21C. The molecule has 6 heteroatoms. The van der Waals surface area contributed by atoms with E-state index < -0.39 is 29.4 Å². The number of fused-ring (bicyclic) bond motifs is 5. The molecule has 0 aromatic rings. The van der Waals surface area contributed by atoms with Gasteiger partial charge in [-0.2, -0.15) is 0 Å². The van der Waals surface area contributed by atoms with Gasteiger partial charge < -0.3 is 14.9 Å². The molecule has 4 fully saturated rings. The number of ketones is 2. The second-order valence-electron chi connectivity index (χ2n) is 10.6. The van der Waals surface area contributed by atoms with Gasteiger partial charge in [-0.05, 0) is 68.1 Å². The van der Waals surface area contributed by atoms with Gasteiger partial charge in [-0.3, -0.25) is 14.4 Å². The Balaban J connectivity index is 1.63. The van der Waals surface area contributed by atoms with Crippen molar-refractivity contribution in [2.75, 3.05) is 6.61 Å². The van der Waals surface area contributed by atoms with Crippen LogP contribution in [-0.2, 0) is 19.1 Å². The van der Waals surface area contributed by atoms with Gasteiger partial charge >= 0.3 is 5.97 Å². The van der Waals surface area contributed by atoms with Crippen LogP contribution < -0.4 is 0 Å². The van der Waals surface area contributed by atoms with E-state index in [0.29, 0.717) is 12.3 Å². The van der Waals surface area contributed by atoms with Crippen LogP contribution in [0.3, 0.4) is 0 Å². The van der Waals surface area contributed by atoms with Crippen molar-refractivity contribution < 1.29 is 29.3 Å². The summed E-state index contributed by atoms with van der Waals surface area (Å²) in [6.45, 7) is 4.93. The number of aliphatic hydroxyl groups is 2. The van der Waals surface area contributed by atoms with Gasteiger partial charge in [0.25, 0.3) is 0 Å². The molecule has 8 atom stereocenters.